The summed E-state index contributed by atoms with van der Waals surface area (Å²) in [6.45, 7) is 1.31. The van der Waals surface area contributed by atoms with Gasteiger partial charge in [-0.3, -0.25) is 0 Å². The lowest BCUT2D eigenvalue weighted by Crippen LogP contribution is -1.98. The van der Waals surface area contributed by atoms with Gasteiger partial charge in [-0.2, -0.15) is 9.50 Å². The molecule has 0 unspecified atom stereocenters. The SMILES string of the molecule is COc1ccccc1-c1nc2nccc(-c3ccc4c(c3)OCCCO4)n2n1. The van der Waals surface area contributed by atoms with E-state index in [1.54, 1.807) is 17.8 Å². The Balaban J connectivity index is 1.63. The molecule has 0 amide bonds. The lowest BCUT2D eigenvalue weighted by Gasteiger charge is -2.10. The zero-order valence-electron chi connectivity index (χ0n) is 15.3. The highest BCUT2D eigenvalue weighted by Crippen LogP contribution is 2.34. The van der Waals surface area contributed by atoms with E-state index in [4.69, 9.17) is 14.2 Å². The molecule has 7 nitrogen and oxygen atoms in total. The molecule has 2 aromatic heterocycles. The van der Waals surface area contributed by atoms with Gasteiger partial charge in [-0.15, -0.1) is 5.10 Å². The molecule has 0 N–H and O–H groups in total. The summed E-state index contributed by atoms with van der Waals surface area (Å²) in [5.41, 5.74) is 2.64. The summed E-state index contributed by atoms with van der Waals surface area (Å²) < 4.78 is 18.7. The second kappa shape index (κ2) is 6.84. The highest BCUT2D eigenvalue weighted by molar-refractivity contribution is 5.69. The van der Waals surface area contributed by atoms with Crippen molar-refractivity contribution in [3.05, 3.63) is 54.7 Å². The summed E-state index contributed by atoms with van der Waals surface area (Å²) >= 11 is 0. The average molecular weight is 374 g/mol. The minimum atomic E-state index is 0.519. The second-order valence-corrected chi connectivity index (χ2v) is 6.39. The monoisotopic (exact) mass is 374 g/mol. The molecule has 140 valence electrons. The minimum absolute atomic E-state index is 0.519. The van der Waals surface area contributed by atoms with Gasteiger partial charge in [-0.05, 0) is 36.4 Å². The summed E-state index contributed by atoms with van der Waals surface area (Å²) in [6.07, 6.45) is 2.60. The number of ether oxygens (including phenoxy) is 3. The number of nitrogens with zero attached hydrogens (tertiary/aromatic N) is 4. The Labute approximate surface area is 161 Å². The van der Waals surface area contributed by atoms with E-state index in [1.165, 1.54) is 0 Å². The number of methoxy groups -OCH3 is 1. The summed E-state index contributed by atoms with van der Waals surface area (Å²) in [5, 5.41) is 4.69. The van der Waals surface area contributed by atoms with Crippen molar-refractivity contribution in [3.63, 3.8) is 0 Å². The van der Waals surface area contributed by atoms with Gasteiger partial charge < -0.3 is 14.2 Å². The van der Waals surface area contributed by atoms with Gasteiger partial charge >= 0.3 is 0 Å². The number of fused-ring (bicyclic) bond motifs is 2. The van der Waals surface area contributed by atoms with E-state index in [0.717, 1.165) is 40.5 Å². The number of benzene rings is 2. The van der Waals surface area contributed by atoms with E-state index in [-0.39, 0.29) is 0 Å². The van der Waals surface area contributed by atoms with Crippen LogP contribution in [0.3, 0.4) is 0 Å². The van der Waals surface area contributed by atoms with Gasteiger partial charge in [0.05, 0.1) is 31.6 Å². The Morgan fingerprint density at radius 2 is 1.86 bits per heavy atom. The molecule has 0 spiro atoms. The predicted molar refractivity (Wildman–Crippen MR) is 104 cm³/mol. The fourth-order valence-electron chi connectivity index (χ4n) is 3.28. The highest BCUT2D eigenvalue weighted by Gasteiger charge is 2.16. The van der Waals surface area contributed by atoms with Crippen LogP contribution in [0.25, 0.3) is 28.4 Å². The van der Waals surface area contributed by atoms with Crippen molar-refractivity contribution in [2.45, 2.75) is 6.42 Å². The Hall–Kier alpha value is -3.61. The molecule has 3 heterocycles. The van der Waals surface area contributed by atoms with E-state index in [9.17, 15) is 0 Å². The number of hydrogen-bond donors (Lipinski definition) is 0. The summed E-state index contributed by atoms with van der Waals surface area (Å²) in [5.74, 6) is 3.30. The maximum atomic E-state index is 5.83. The average Bonchev–Trinajstić information content (AvgIpc) is 3.04. The molecule has 1 aliphatic heterocycles. The fourth-order valence-corrected chi connectivity index (χ4v) is 3.28. The molecule has 1 aliphatic rings. The molecule has 2 aromatic carbocycles. The Morgan fingerprint density at radius 1 is 1.00 bits per heavy atom. The van der Waals surface area contributed by atoms with Gasteiger partial charge in [-0.1, -0.05) is 12.1 Å². The van der Waals surface area contributed by atoms with Crippen LogP contribution in [-0.4, -0.2) is 39.9 Å². The van der Waals surface area contributed by atoms with Crippen LogP contribution >= 0.6 is 0 Å². The topological polar surface area (TPSA) is 70.8 Å². The molecule has 0 saturated heterocycles. The first-order valence-corrected chi connectivity index (χ1v) is 9.09. The first kappa shape index (κ1) is 16.6. The first-order valence-electron chi connectivity index (χ1n) is 9.09. The Morgan fingerprint density at radius 3 is 2.75 bits per heavy atom. The molecule has 0 bridgehead atoms. The minimum Gasteiger partial charge on any atom is -0.496 e. The van der Waals surface area contributed by atoms with Crippen LogP contribution in [-0.2, 0) is 0 Å². The van der Waals surface area contributed by atoms with E-state index >= 15 is 0 Å². The zero-order valence-corrected chi connectivity index (χ0v) is 15.3. The molecule has 0 aliphatic carbocycles. The van der Waals surface area contributed by atoms with Gasteiger partial charge in [0, 0.05) is 18.2 Å². The zero-order chi connectivity index (χ0) is 18.9. The molecule has 5 rings (SSSR count). The lowest BCUT2D eigenvalue weighted by molar-refractivity contribution is 0.297. The van der Waals surface area contributed by atoms with Crippen LogP contribution < -0.4 is 14.2 Å². The van der Waals surface area contributed by atoms with Crippen molar-refractivity contribution >= 4 is 5.78 Å². The number of hydrogen-bond acceptors (Lipinski definition) is 6. The molecule has 0 fully saturated rings. The van der Waals surface area contributed by atoms with Gasteiger partial charge in [0.2, 0.25) is 0 Å². The molecule has 0 radical (unpaired) electrons. The maximum Gasteiger partial charge on any atom is 0.253 e. The smallest absolute Gasteiger partial charge is 0.253 e. The van der Waals surface area contributed by atoms with E-state index < -0.39 is 0 Å². The summed E-state index contributed by atoms with van der Waals surface area (Å²) in [4.78, 5) is 8.95. The lowest BCUT2D eigenvalue weighted by atomic mass is 10.1. The molecular formula is C21H18N4O3. The molecule has 7 heteroatoms. The van der Waals surface area contributed by atoms with Crippen LogP contribution in [0.5, 0.6) is 17.2 Å². The third-order valence-corrected chi connectivity index (χ3v) is 4.63. The predicted octanol–water partition coefficient (Wildman–Crippen LogP) is 3.63. The third-order valence-electron chi connectivity index (χ3n) is 4.63. The van der Waals surface area contributed by atoms with Gasteiger partial charge in [0.15, 0.2) is 17.3 Å². The Bertz CT molecular complexity index is 1160. The highest BCUT2D eigenvalue weighted by atomic mass is 16.5. The quantitative estimate of drug-likeness (QED) is 0.545. The second-order valence-electron chi connectivity index (χ2n) is 6.39. The van der Waals surface area contributed by atoms with Crippen molar-refractivity contribution in [1.82, 2.24) is 19.6 Å². The standard InChI is InChI=1S/C21H18N4O3/c1-26-17-6-3-2-5-15(17)20-23-21-22-10-9-16(25(21)24-20)14-7-8-18-19(13-14)28-12-4-11-27-18/h2-3,5-10,13H,4,11-12H2,1H3. The fraction of sp³-hybridized carbons (Fsp3) is 0.190. The number of aromatic nitrogens is 4. The van der Waals surface area contributed by atoms with Crippen molar-refractivity contribution < 1.29 is 14.2 Å². The van der Waals surface area contributed by atoms with E-state index in [1.807, 2.05) is 48.5 Å². The molecule has 0 atom stereocenters. The van der Waals surface area contributed by atoms with Crippen LogP contribution in [0.15, 0.2) is 54.7 Å². The number of rotatable bonds is 3. The molecule has 4 aromatic rings. The largest absolute Gasteiger partial charge is 0.496 e. The number of para-hydroxylation sites is 1. The summed E-state index contributed by atoms with van der Waals surface area (Å²) in [6, 6.07) is 15.5. The van der Waals surface area contributed by atoms with Gasteiger partial charge in [-0.25, -0.2) is 4.98 Å². The van der Waals surface area contributed by atoms with Gasteiger partial charge in [0.1, 0.15) is 5.75 Å². The normalized spacial score (nSPS) is 13.3. The first-order chi connectivity index (χ1) is 13.8. The van der Waals surface area contributed by atoms with E-state index in [0.29, 0.717) is 24.8 Å². The van der Waals surface area contributed by atoms with Crippen molar-refractivity contribution in [1.29, 1.82) is 0 Å². The van der Waals surface area contributed by atoms with Crippen LogP contribution in [0.4, 0.5) is 0 Å². The van der Waals surface area contributed by atoms with Crippen molar-refractivity contribution in [2.75, 3.05) is 20.3 Å². The Kier molecular flexibility index (Phi) is 4.05. The van der Waals surface area contributed by atoms with Crippen molar-refractivity contribution in [2.24, 2.45) is 0 Å². The third kappa shape index (κ3) is 2.81. The van der Waals surface area contributed by atoms with E-state index in [2.05, 4.69) is 15.1 Å². The maximum absolute atomic E-state index is 5.83. The van der Waals surface area contributed by atoms with Crippen LogP contribution in [0.1, 0.15) is 6.42 Å². The summed E-state index contributed by atoms with van der Waals surface area (Å²) in [7, 11) is 1.63. The van der Waals surface area contributed by atoms with Crippen LogP contribution in [0.2, 0.25) is 0 Å². The van der Waals surface area contributed by atoms with Crippen molar-refractivity contribution in [3.8, 4) is 39.9 Å². The molecule has 0 saturated carbocycles. The van der Waals surface area contributed by atoms with Crippen LogP contribution in [0, 0.1) is 0 Å². The molecular weight excluding hydrogens is 356 g/mol. The van der Waals surface area contributed by atoms with Gasteiger partial charge in [0.25, 0.3) is 5.78 Å². The molecule has 28 heavy (non-hydrogen) atoms.